The van der Waals surface area contributed by atoms with Crippen LogP contribution in [0.5, 0.6) is 0 Å². The standard InChI is InChI=1S/C48H76N4O34/c1-2-23(60)49-4-13-5-52(51-50-13)6-16-36-24(61)31(68)44(74-16)83-39-20(10-56)79-48(34(71)28(39)65)86-41-22(12-58)80-47(35(72)29(41)66)84-38-19(9-55)76-43(30(67)25(38)62)73-15-3-14(59)42(75-17(15)7-53)81-37-18(8-54)77-46(32(69)26(37)63)85-40-21(11-57)78-45(82-36)33(70)27(40)64/h2,5,14-22,24-48,53-59,61-72H,1,3-4,6-12H2,(H,49,60). The first-order chi connectivity index (χ1) is 41.1. The maximum atomic E-state index is 11.9. The van der Waals surface area contributed by atoms with E-state index in [2.05, 4.69) is 22.2 Å². The van der Waals surface area contributed by atoms with Gasteiger partial charge in [-0.2, -0.15) is 0 Å². The van der Waals surface area contributed by atoms with E-state index in [0.29, 0.717) is 0 Å². The lowest BCUT2D eigenvalue weighted by Crippen LogP contribution is -2.68. The van der Waals surface area contributed by atoms with E-state index in [0.717, 1.165) is 10.8 Å². The summed E-state index contributed by atoms with van der Waals surface area (Å²) in [6, 6.07) is 0. The first-order valence-electron chi connectivity index (χ1n) is 27.5. The number of aromatic nitrogens is 3. The van der Waals surface area contributed by atoms with E-state index in [1.54, 1.807) is 0 Å². The number of nitrogens with zero attached hydrogens (tertiary/aromatic N) is 3. The van der Waals surface area contributed by atoms with Gasteiger partial charge in [0.25, 0.3) is 0 Å². The van der Waals surface area contributed by atoms with Gasteiger partial charge in [0.2, 0.25) is 5.91 Å². The van der Waals surface area contributed by atoms with Crippen LogP contribution in [0.15, 0.2) is 18.9 Å². The van der Waals surface area contributed by atoms with Crippen molar-refractivity contribution in [3.63, 3.8) is 0 Å². The molecule has 1 aromatic rings. The first-order valence-corrected chi connectivity index (χ1v) is 27.5. The molecule has 1 amide bonds. The molecule has 492 valence electrons. The summed E-state index contributed by atoms with van der Waals surface area (Å²) in [5.74, 6) is -0.563. The third kappa shape index (κ3) is 13.9. The van der Waals surface area contributed by atoms with E-state index in [9.17, 15) is 102 Å². The summed E-state index contributed by atoms with van der Waals surface area (Å²) >= 11 is 0. The number of amides is 1. The Balaban J connectivity index is 1.01. The maximum Gasteiger partial charge on any atom is 0.243 e. The highest BCUT2D eigenvalue weighted by Gasteiger charge is 2.59. The fourth-order valence-corrected chi connectivity index (χ4v) is 11.3. The number of carbonyl (C=O) groups excluding carboxylic acids is 1. The summed E-state index contributed by atoms with van der Waals surface area (Å²) in [4.78, 5) is 11.9. The fourth-order valence-electron chi connectivity index (χ4n) is 11.3. The molecule has 21 saturated heterocycles. The Hall–Kier alpha value is -2.97. The third-order valence-corrected chi connectivity index (χ3v) is 16.1. The molecule has 0 spiro atoms. The van der Waals surface area contributed by atoms with E-state index < -0.39 is 267 Å². The van der Waals surface area contributed by atoms with Gasteiger partial charge in [0, 0.05) is 6.42 Å². The lowest BCUT2D eigenvalue weighted by Gasteiger charge is -2.50. The summed E-state index contributed by atoms with van der Waals surface area (Å²) in [6.45, 7) is -3.31. The number of aliphatic hydroxyl groups excluding tert-OH is 19. The van der Waals surface area contributed by atoms with Crippen molar-refractivity contribution in [2.24, 2.45) is 0 Å². The molecule has 21 aliphatic rings. The Bertz CT molecular complexity index is 2310. The molecular formula is C48H76N4O34. The van der Waals surface area contributed by atoms with Crippen LogP contribution in [0.4, 0.5) is 0 Å². The molecule has 22 heterocycles. The molecule has 34 atom stereocenters. The van der Waals surface area contributed by atoms with Gasteiger partial charge in [-0.25, -0.2) is 4.68 Å². The number of hydrogen-bond donors (Lipinski definition) is 20. The number of rotatable bonds is 11. The summed E-state index contributed by atoms with van der Waals surface area (Å²) in [5.41, 5.74) is 0.173. The van der Waals surface area contributed by atoms with E-state index in [1.165, 1.54) is 6.20 Å². The second-order valence-corrected chi connectivity index (χ2v) is 21.7. The molecule has 21 fully saturated rings. The van der Waals surface area contributed by atoms with E-state index >= 15 is 0 Å². The quantitative estimate of drug-likeness (QED) is 0.0915. The van der Waals surface area contributed by atoms with Gasteiger partial charge >= 0.3 is 0 Å². The number of hydrogen-bond acceptors (Lipinski definition) is 36. The summed E-state index contributed by atoms with van der Waals surface area (Å²) in [7, 11) is 0. The largest absolute Gasteiger partial charge is 0.394 e. The van der Waals surface area contributed by atoms with E-state index in [4.69, 9.17) is 66.3 Å². The highest BCUT2D eigenvalue weighted by atomic mass is 16.8. The van der Waals surface area contributed by atoms with E-state index in [1.807, 2.05) is 0 Å². The van der Waals surface area contributed by atoms with Crippen LogP contribution in [-0.2, 0) is 84.2 Å². The Morgan fingerprint density at radius 3 is 1.05 bits per heavy atom. The van der Waals surface area contributed by atoms with Crippen LogP contribution in [0, 0.1) is 0 Å². The van der Waals surface area contributed by atoms with Crippen LogP contribution in [-0.4, -0.2) is 366 Å². The molecule has 34 unspecified atom stereocenters. The van der Waals surface area contributed by atoms with Crippen molar-refractivity contribution in [2.75, 3.05) is 39.6 Å². The molecule has 86 heavy (non-hydrogen) atoms. The summed E-state index contributed by atoms with van der Waals surface area (Å²) < 4.78 is 82.9. The van der Waals surface area contributed by atoms with Crippen molar-refractivity contribution in [1.82, 2.24) is 20.3 Å². The van der Waals surface area contributed by atoms with Crippen molar-refractivity contribution in [3.05, 3.63) is 24.5 Å². The monoisotopic (exact) mass is 1250 g/mol. The third-order valence-electron chi connectivity index (χ3n) is 16.1. The molecular weight excluding hydrogens is 1180 g/mol. The van der Waals surface area contributed by atoms with Crippen LogP contribution in [0.1, 0.15) is 12.1 Å². The Labute approximate surface area is 486 Å². The van der Waals surface area contributed by atoms with Crippen LogP contribution in [0.25, 0.3) is 0 Å². The van der Waals surface area contributed by atoms with Gasteiger partial charge in [0.1, 0.15) is 164 Å². The van der Waals surface area contributed by atoms with Crippen molar-refractivity contribution in [1.29, 1.82) is 0 Å². The molecule has 38 nitrogen and oxygen atoms in total. The predicted molar refractivity (Wildman–Crippen MR) is 262 cm³/mol. The van der Waals surface area contributed by atoms with Crippen LogP contribution >= 0.6 is 0 Å². The molecule has 38 heteroatoms. The number of carbonyl (C=O) groups is 1. The second-order valence-electron chi connectivity index (χ2n) is 21.7. The SMILES string of the molecule is C=CC(=O)NCc1cn(CC2OC3OC4C(CO)OC(OC5C(CO)OC(OC6C(CO)OC(OC7CC(O)C(OC7CO)OC7C(CO)OC(OC8C(CO)OC(OC2C(O)C3O)C(O)C8O)C(O)C7O)C(O)C6O)C(O)C5O)C(O)C4O)nn1. The minimum absolute atomic E-state index is 0.162. The first kappa shape index (κ1) is 67.4. The molecule has 0 aromatic carbocycles. The maximum absolute atomic E-state index is 11.9. The second kappa shape index (κ2) is 29.1. The number of nitrogens with one attached hydrogen (secondary N) is 1. The van der Waals surface area contributed by atoms with Crippen molar-refractivity contribution in [2.45, 2.75) is 228 Å². The Kier molecular flexibility index (Phi) is 22.8. The molecule has 14 bridgehead atoms. The van der Waals surface area contributed by atoms with Crippen molar-refractivity contribution < 1.29 is 168 Å². The van der Waals surface area contributed by atoms with Gasteiger partial charge in [-0.05, 0) is 6.08 Å². The minimum atomic E-state index is -2.23. The molecule has 0 aliphatic carbocycles. The Morgan fingerprint density at radius 1 is 0.430 bits per heavy atom. The summed E-state index contributed by atoms with van der Waals surface area (Å²) in [6.07, 6.45) is -64.1. The molecule has 1 aromatic heterocycles. The van der Waals surface area contributed by atoms with Crippen molar-refractivity contribution >= 4 is 5.91 Å². The van der Waals surface area contributed by atoms with Crippen LogP contribution in [0.2, 0.25) is 0 Å². The average molecular weight is 1250 g/mol. The fraction of sp³-hybridized carbons (Fsp3) is 0.896. The summed E-state index contributed by atoms with van der Waals surface area (Å²) in [5, 5.41) is 223. The van der Waals surface area contributed by atoms with Gasteiger partial charge in [-0.1, -0.05) is 11.8 Å². The predicted octanol–water partition coefficient (Wildman–Crippen LogP) is -14.1. The van der Waals surface area contributed by atoms with Crippen LogP contribution in [0.3, 0.4) is 0 Å². The highest BCUT2D eigenvalue weighted by Crippen LogP contribution is 2.39. The van der Waals surface area contributed by atoms with Crippen molar-refractivity contribution in [3.8, 4) is 0 Å². The van der Waals surface area contributed by atoms with Gasteiger partial charge in [0.05, 0.1) is 65.0 Å². The number of ether oxygens (including phenoxy) is 14. The zero-order chi connectivity index (χ0) is 62.2. The van der Waals surface area contributed by atoms with Gasteiger partial charge in [-0.15, -0.1) is 5.10 Å². The lowest BCUT2D eigenvalue weighted by molar-refractivity contribution is -0.396. The highest BCUT2D eigenvalue weighted by molar-refractivity contribution is 5.86. The zero-order valence-corrected chi connectivity index (χ0v) is 45.3. The number of aliphatic hydroxyl groups is 19. The van der Waals surface area contributed by atoms with E-state index in [-0.39, 0.29) is 12.2 Å². The van der Waals surface area contributed by atoms with Gasteiger partial charge < -0.3 is 169 Å². The lowest BCUT2D eigenvalue weighted by atomic mass is 9.95. The average Bonchev–Trinajstić information content (AvgIpc) is 1.97. The smallest absolute Gasteiger partial charge is 0.243 e. The molecule has 21 aliphatic heterocycles. The van der Waals surface area contributed by atoms with Gasteiger partial charge in [0.15, 0.2) is 44.0 Å². The molecule has 0 radical (unpaired) electrons. The zero-order valence-electron chi connectivity index (χ0n) is 45.3. The minimum Gasteiger partial charge on any atom is -0.394 e. The topological polar surface area (TPSA) is 573 Å². The molecule has 22 rings (SSSR count). The Morgan fingerprint density at radius 2 is 0.721 bits per heavy atom. The molecule has 20 N–H and O–H groups in total. The normalized spacial score (nSPS) is 49.8. The van der Waals surface area contributed by atoms with Crippen LogP contribution < -0.4 is 5.32 Å². The molecule has 0 saturated carbocycles. The van der Waals surface area contributed by atoms with Gasteiger partial charge in [-0.3, -0.25) is 4.79 Å².